The average Bonchev–Trinajstić information content (AvgIpc) is 2.59. The highest BCUT2D eigenvalue weighted by atomic mass is 127. The molecule has 0 heterocycles. The first kappa shape index (κ1) is 18.7. The van der Waals surface area contributed by atoms with Gasteiger partial charge in [-0.3, -0.25) is 4.79 Å². The van der Waals surface area contributed by atoms with Crippen molar-refractivity contribution in [3.05, 3.63) is 62.5 Å². The maximum atomic E-state index is 14.1. The largest absolute Gasteiger partial charge is 0.486 e. The van der Waals surface area contributed by atoms with Crippen LogP contribution in [0.15, 0.2) is 36.4 Å². The molecule has 0 amide bonds. The topological polar surface area (TPSA) is 35.5 Å². The van der Waals surface area contributed by atoms with Crippen molar-refractivity contribution < 1.29 is 18.7 Å². The Balaban J connectivity index is 2.12. The van der Waals surface area contributed by atoms with E-state index in [-0.39, 0.29) is 24.1 Å². The first-order valence-electron chi connectivity index (χ1n) is 7.79. The molecule has 2 rings (SSSR count). The van der Waals surface area contributed by atoms with Crippen molar-refractivity contribution in [2.45, 2.75) is 32.8 Å². The molecule has 0 bridgehead atoms. The van der Waals surface area contributed by atoms with Crippen LogP contribution in [0.2, 0.25) is 0 Å². The van der Waals surface area contributed by atoms with Crippen molar-refractivity contribution in [1.82, 2.24) is 0 Å². The van der Waals surface area contributed by atoms with Crippen molar-refractivity contribution in [2.75, 3.05) is 7.11 Å². The van der Waals surface area contributed by atoms with E-state index in [1.807, 2.05) is 31.2 Å². The predicted molar refractivity (Wildman–Crippen MR) is 99.6 cm³/mol. The van der Waals surface area contributed by atoms with Gasteiger partial charge in [0.15, 0.2) is 11.6 Å². The summed E-state index contributed by atoms with van der Waals surface area (Å²) < 4.78 is 25.4. The Kier molecular flexibility index (Phi) is 7.02. The summed E-state index contributed by atoms with van der Waals surface area (Å²) in [4.78, 5) is 11.4. The van der Waals surface area contributed by atoms with E-state index in [0.29, 0.717) is 12.8 Å². The van der Waals surface area contributed by atoms with Crippen LogP contribution in [0.1, 0.15) is 30.0 Å². The molecule has 5 heteroatoms. The number of halogens is 2. The minimum atomic E-state index is -0.351. The molecule has 0 aliphatic heterocycles. The molecule has 0 radical (unpaired) electrons. The summed E-state index contributed by atoms with van der Waals surface area (Å²) >= 11 is 2.23. The zero-order valence-electron chi connectivity index (χ0n) is 13.8. The van der Waals surface area contributed by atoms with Crippen LogP contribution in [0, 0.1) is 9.39 Å². The first-order chi connectivity index (χ1) is 11.5. The standard InChI is InChI=1S/C19H20FIO3/c1-3-13-7-9-18(16(20)11-13)24-12-15-14(5-4-6-17(15)21)8-10-19(22)23-2/h4-7,9,11H,3,8,10,12H2,1-2H3. The molecule has 3 nitrogen and oxygen atoms in total. The van der Waals surface area contributed by atoms with Crippen LogP contribution in [0.25, 0.3) is 0 Å². The van der Waals surface area contributed by atoms with Crippen molar-refractivity contribution in [2.24, 2.45) is 0 Å². The molecule has 24 heavy (non-hydrogen) atoms. The summed E-state index contributed by atoms with van der Waals surface area (Å²) in [7, 11) is 1.38. The van der Waals surface area contributed by atoms with Crippen LogP contribution in [0.4, 0.5) is 4.39 Å². The van der Waals surface area contributed by atoms with Crippen molar-refractivity contribution >= 4 is 28.6 Å². The second-order valence-electron chi connectivity index (χ2n) is 5.36. The Morgan fingerprint density at radius 2 is 2.04 bits per heavy atom. The minimum Gasteiger partial charge on any atom is -0.486 e. The fourth-order valence-electron chi connectivity index (χ4n) is 2.37. The van der Waals surface area contributed by atoms with Gasteiger partial charge in [-0.2, -0.15) is 0 Å². The Hall–Kier alpha value is -1.63. The zero-order valence-corrected chi connectivity index (χ0v) is 15.9. The fourth-order valence-corrected chi connectivity index (χ4v) is 3.08. The predicted octanol–water partition coefficient (Wildman–Crippen LogP) is 4.68. The SMILES string of the molecule is CCc1ccc(OCc2c(I)cccc2CCC(=O)OC)c(F)c1. The highest BCUT2D eigenvalue weighted by molar-refractivity contribution is 14.1. The third-order valence-corrected chi connectivity index (χ3v) is 4.83. The fraction of sp³-hybridized carbons (Fsp3) is 0.316. The molecule has 0 aliphatic carbocycles. The lowest BCUT2D eigenvalue weighted by Crippen LogP contribution is -2.07. The monoisotopic (exact) mass is 442 g/mol. The molecule has 0 aromatic heterocycles. The van der Waals surface area contributed by atoms with Crippen LogP contribution in [-0.2, 0) is 29.0 Å². The van der Waals surface area contributed by atoms with Crippen LogP contribution in [-0.4, -0.2) is 13.1 Å². The number of carbonyl (C=O) groups excluding carboxylic acids is 1. The second-order valence-corrected chi connectivity index (χ2v) is 6.52. The number of hydrogen-bond donors (Lipinski definition) is 0. The number of carbonyl (C=O) groups is 1. The molecular formula is C19H20FIO3. The number of rotatable bonds is 7. The summed E-state index contributed by atoms with van der Waals surface area (Å²) in [5.41, 5.74) is 2.92. The van der Waals surface area contributed by atoms with Gasteiger partial charge in [0.05, 0.1) is 7.11 Å². The molecule has 0 fully saturated rings. The van der Waals surface area contributed by atoms with Gasteiger partial charge in [-0.1, -0.05) is 25.1 Å². The summed E-state index contributed by atoms with van der Waals surface area (Å²) in [5, 5.41) is 0. The molecule has 128 valence electrons. The molecule has 0 spiro atoms. The minimum absolute atomic E-state index is 0.241. The van der Waals surface area contributed by atoms with Gasteiger partial charge in [-0.25, -0.2) is 4.39 Å². The lowest BCUT2D eigenvalue weighted by molar-refractivity contribution is -0.140. The molecule has 0 unspecified atom stereocenters. The van der Waals surface area contributed by atoms with Crippen LogP contribution in [0.3, 0.4) is 0 Å². The van der Waals surface area contributed by atoms with Crippen LogP contribution < -0.4 is 4.74 Å². The van der Waals surface area contributed by atoms with E-state index < -0.39 is 0 Å². The second kappa shape index (κ2) is 9.01. The van der Waals surface area contributed by atoms with Gasteiger partial charge in [0.1, 0.15) is 6.61 Å². The van der Waals surface area contributed by atoms with Crippen LogP contribution in [0.5, 0.6) is 5.75 Å². The van der Waals surface area contributed by atoms with Crippen molar-refractivity contribution in [3.63, 3.8) is 0 Å². The molecule has 0 saturated carbocycles. The molecule has 0 N–H and O–H groups in total. The van der Waals surface area contributed by atoms with E-state index in [2.05, 4.69) is 27.3 Å². The van der Waals surface area contributed by atoms with Gasteiger partial charge in [-0.05, 0) is 64.8 Å². The number of benzene rings is 2. The average molecular weight is 442 g/mol. The van der Waals surface area contributed by atoms with Gasteiger partial charge in [0.25, 0.3) is 0 Å². The lowest BCUT2D eigenvalue weighted by Gasteiger charge is -2.14. The zero-order chi connectivity index (χ0) is 17.5. The number of aryl methyl sites for hydroxylation is 2. The van der Waals surface area contributed by atoms with Crippen molar-refractivity contribution in [1.29, 1.82) is 0 Å². The lowest BCUT2D eigenvalue weighted by atomic mass is 10.0. The third kappa shape index (κ3) is 4.93. The van der Waals surface area contributed by atoms with E-state index in [9.17, 15) is 9.18 Å². The summed E-state index contributed by atoms with van der Waals surface area (Å²) in [6, 6.07) is 10.9. The molecule has 0 saturated heterocycles. The first-order valence-corrected chi connectivity index (χ1v) is 8.87. The van der Waals surface area contributed by atoms with E-state index >= 15 is 0 Å². The highest BCUT2D eigenvalue weighted by Crippen LogP contribution is 2.24. The number of esters is 1. The summed E-state index contributed by atoms with van der Waals surface area (Å²) in [5.74, 6) is -0.357. The molecule has 0 aliphatic rings. The van der Waals surface area contributed by atoms with E-state index in [0.717, 1.165) is 26.7 Å². The maximum absolute atomic E-state index is 14.1. The van der Waals surface area contributed by atoms with Gasteiger partial charge in [-0.15, -0.1) is 0 Å². The molecule has 0 atom stereocenters. The molecule has 2 aromatic carbocycles. The van der Waals surface area contributed by atoms with Gasteiger partial charge >= 0.3 is 5.97 Å². The number of hydrogen-bond acceptors (Lipinski definition) is 3. The Bertz CT molecular complexity index is 716. The van der Waals surface area contributed by atoms with Gasteiger partial charge in [0, 0.05) is 15.6 Å². The van der Waals surface area contributed by atoms with E-state index in [4.69, 9.17) is 4.74 Å². The Morgan fingerprint density at radius 3 is 2.71 bits per heavy atom. The van der Waals surface area contributed by atoms with Crippen molar-refractivity contribution in [3.8, 4) is 5.75 Å². The normalized spacial score (nSPS) is 10.5. The maximum Gasteiger partial charge on any atom is 0.305 e. The van der Waals surface area contributed by atoms with E-state index in [1.54, 1.807) is 6.07 Å². The number of methoxy groups -OCH3 is 1. The molecule has 2 aromatic rings. The van der Waals surface area contributed by atoms with Gasteiger partial charge in [0.2, 0.25) is 0 Å². The van der Waals surface area contributed by atoms with Crippen LogP contribution >= 0.6 is 22.6 Å². The molecular weight excluding hydrogens is 422 g/mol. The Labute approximate surface area is 155 Å². The summed E-state index contributed by atoms with van der Waals surface area (Å²) in [6.07, 6.45) is 1.66. The smallest absolute Gasteiger partial charge is 0.305 e. The highest BCUT2D eigenvalue weighted by Gasteiger charge is 2.11. The number of ether oxygens (including phenoxy) is 2. The Morgan fingerprint density at radius 1 is 1.25 bits per heavy atom. The van der Waals surface area contributed by atoms with E-state index in [1.165, 1.54) is 13.2 Å². The summed E-state index contributed by atoms with van der Waals surface area (Å²) in [6.45, 7) is 2.24. The quantitative estimate of drug-likeness (QED) is 0.462. The third-order valence-electron chi connectivity index (χ3n) is 3.82. The van der Waals surface area contributed by atoms with Gasteiger partial charge < -0.3 is 9.47 Å².